The number of hydrogen-bond donors (Lipinski definition) is 1. The molecular weight excluding hydrogens is 172 g/mol. The van der Waals surface area contributed by atoms with Gasteiger partial charge in [0.05, 0.1) is 0 Å². The first kappa shape index (κ1) is 11.7. The predicted molar refractivity (Wildman–Crippen MR) is 62.3 cm³/mol. The van der Waals surface area contributed by atoms with E-state index in [1.165, 1.54) is 31.3 Å². The summed E-state index contributed by atoms with van der Waals surface area (Å²) in [7, 11) is 2.22. The second kappa shape index (κ2) is 5.52. The van der Waals surface area contributed by atoms with Gasteiger partial charge in [-0.05, 0) is 46.6 Å². The number of likely N-dealkylation sites (N-methyl/N-ethyl adjacent to an activating group) is 1. The van der Waals surface area contributed by atoms with Gasteiger partial charge in [0.25, 0.3) is 0 Å². The van der Waals surface area contributed by atoms with E-state index in [0.29, 0.717) is 6.04 Å². The van der Waals surface area contributed by atoms with Crippen LogP contribution in [-0.2, 0) is 0 Å². The highest BCUT2D eigenvalue weighted by Crippen LogP contribution is 2.20. The first-order valence-electron chi connectivity index (χ1n) is 5.68. The van der Waals surface area contributed by atoms with Crippen molar-refractivity contribution in [2.45, 2.75) is 51.6 Å². The Bertz CT molecular complexity index is 186. The minimum absolute atomic E-state index is 0.461. The molecule has 1 saturated carbocycles. The number of allylic oxidation sites excluding steroid dienone is 1. The highest BCUT2D eigenvalue weighted by Gasteiger charge is 2.20. The third kappa shape index (κ3) is 3.81. The van der Waals surface area contributed by atoms with Crippen molar-refractivity contribution >= 4 is 0 Å². The summed E-state index contributed by atoms with van der Waals surface area (Å²) < 4.78 is 0. The average molecular weight is 196 g/mol. The van der Waals surface area contributed by atoms with Crippen molar-refractivity contribution < 1.29 is 0 Å². The molecule has 14 heavy (non-hydrogen) atoms. The molecule has 1 aliphatic rings. The molecule has 1 aliphatic carbocycles. The first-order chi connectivity index (χ1) is 6.59. The maximum atomic E-state index is 5.89. The summed E-state index contributed by atoms with van der Waals surface area (Å²) >= 11 is 0. The Morgan fingerprint density at radius 3 is 2.36 bits per heavy atom. The molecule has 82 valence electrons. The van der Waals surface area contributed by atoms with E-state index in [1.54, 1.807) is 0 Å². The molecule has 2 nitrogen and oxygen atoms in total. The molecule has 0 aromatic carbocycles. The van der Waals surface area contributed by atoms with Gasteiger partial charge in [-0.3, -0.25) is 4.90 Å². The molecule has 0 unspecified atom stereocenters. The molecule has 0 aromatic heterocycles. The van der Waals surface area contributed by atoms with Crippen LogP contribution < -0.4 is 5.73 Å². The van der Waals surface area contributed by atoms with E-state index in [4.69, 9.17) is 5.73 Å². The molecule has 0 aliphatic heterocycles. The average Bonchev–Trinajstić information content (AvgIpc) is 2.15. The zero-order valence-electron chi connectivity index (χ0n) is 9.79. The Morgan fingerprint density at radius 1 is 1.29 bits per heavy atom. The summed E-state index contributed by atoms with van der Waals surface area (Å²) in [6.45, 7) is 5.40. The molecule has 0 spiro atoms. The van der Waals surface area contributed by atoms with E-state index in [0.717, 1.165) is 12.6 Å². The normalized spacial score (nSPS) is 27.8. The fourth-order valence-electron chi connectivity index (χ4n) is 2.02. The lowest BCUT2D eigenvalue weighted by Crippen LogP contribution is -2.38. The van der Waals surface area contributed by atoms with Crippen LogP contribution in [0.25, 0.3) is 0 Å². The monoisotopic (exact) mass is 196 g/mol. The first-order valence-corrected chi connectivity index (χ1v) is 5.68. The molecule has 2 N–H and O–H groups in total. The lowest BCUT2D eigenvalue weighted by atomic mass is 9.91. The summed E-state index contributed by atoms with van der Waals surface area (Å²) in [4.78, 5) is 2.46. The topological polar surface area (TPSA) is 29.3 Å². The highest BCUT2D eigenvalue weighted by molar-refractivity contribution is 4.95. The molecule has 0 radical (unpaired) electrons. The van der Waals surface area contributed by atoms with Crippen LogP contribution in [0.2, 0.25) is 0 Å². The molecule has 0 saturated heterocycles. The smallest absolute Gasteiger partial charge is 0.0165 e. The quantitative estimate of drug-likeness (QED) is 0.701. The Kier molecular flexibility index (Phi) is 4.63. The minimum atomic E-state index is 0.461. The summed E-state index contributed by atoms with van der Waals surface area (Å²) in [5.74, 6) is 0. The van der Waals surface area contributed by atoms with Gasteiger partial charge in [-0.15, -0.1) is 0 Å². The number of rotatable bonds is 3. The highest BCUT2D eigenvalue weighted by atomic mass is 15.1. The van der Waals surface area contributed by atoms with Crippen LogP contribution in [0.3, 0.4) is 0 Å². The summed E-state index contributed by atoms with van der Waals surface area (Å²) in [6.07, 6.45) is 7.24. The van der Waals surface area contributed by atoms with Gasteiger partial charge >= 0.3 is 0 Å². The molecular formula is C12H24N2. The third-order valence-corrected chi connectivity index (χ3v) is 3.15. The standard InChI is InChI=1S/C12H24N2/c1-10(2)8-9-14(3)12-6-4-11(13)5-7-12/h8,11-12H,4-7,9,13H2,1-3H3. The SMILES string of the molecule is CC(C)=CCN(C)C1CCC(N)CC1. The van der Waals surface area contributed by atoms with Crippen LogP contribution in [0.4, 0.5) is 0 Å². The summed E-state index contributed by atoms with van der Waals surface area (Å²) in [5, 5.41) is 0. The van der Waals surface area contributed by atoms with Crippen molar-refractivity contribution in [1.82, 2.24) is 4.90 Å². The van der Waals surface area contributed by atoms with Crippen LogP contribution in [0.5, 0.6) is 0 Å². The molecule has 2 heteroatoms. The van der Waals surface area contributed by atoms with Gasteiger partial charge < -0.3 is 5.73 Å². The minimum Gasteiger partial charge on any atom is -0.328 e. The fourth-order valence-corrected chi connectivity index (χ4v) is 2.02. The second-order valence-corrected chi connectivity index (χ2v) is 4.79. The Labute approximate surface area is 88.2 Å². The second-order valence-electron chi connectivity index (χ2n) is 4.79. The van der Waals surface area contributed by atoms with Crippen LogP contribution in [-0.4, -0.2) is 30.6 Å². The van der Waals surface area contributed by atoms with Gasteiger partial charge in [0, 0.05) is 18.6 Å². The van der Waals surface area contributed by atoms with Crippen LogP contribution in [0, 0.1) is 0 Å². The Morgan fingerprint density at radius 2 is 1.86 bits per heavy atom. The van der Waals surface area contributed by atoms with E-state index < -0.39 is 0 Å². The number of nitrogens with two attached hydrogens (primary N) is 1. The molecule has 1 rings (SSSR count). The van der Waals surface area contributed by atoms with E-state index >= 15 is 0 Å². The van der Waals surface area contributed by atoms with Gasteiger partial charge in [-0.2, -0.15) is 0 Å². The van der Waals surface area contributed by atoms with E-state index in [-0.39, 0.29) is 0 Å². The molecule has 0 amide bonds. The van der Waals surface area contributed by atoms with Crippen molar-refractivity contribution in [2.24, 2.45) is 5.73 Å². The van der Waals surface area contributed by atoms with Crippen molar-refractivity contribution in [3.8, 4) is 0 Å². The largest absolute Gasteiger partial charge is 0.328 e. The lowest BCUT2D eigenvalue weighted by molar-refractivity contribution is 0.199. The Hall–Kier alpha value is -0.340. The lowest BCUT2D eigenvalue weighted by Gasteiger charge is -2.32. The number of hydrogen-bond acceptors (Lipinski definition) is 2. The maximum Gasteiger partial charge on any atom is 0.0165 e. The number of nitrogens with zero attached hydrogens (tertiary/aromatic N) is 1. The zero-order chi connectivity index (χ0) is 10.6. The van der Waals surface area contributed by atoms with Crippen molar-refractivity contribution in [3.05, 3.63) is 11.6 Å². The van der Waals surface area contributed by atoms with Gasteiger partial charge in [0.1, 0.15) is 0 Å². The molecule has 0 atom stereocenters. The molecule has 0 heterocycles. The van der Waals surface area contributed by atoms with Crippen LogP contribution in [0.15, 0.2) is 11.6 Å². The van der Waals surface area contributed by atoms with Crippen LogP contribution >= 0.6 is 0 Å². The van der Waals surface area contributed by atoms with E-state index in [2.05, 4.69) is 31.9 Å². The zero-order valence-corrected chi connectivity index (χ0v) is 9.79. The van der Waals surface area contributed by atoms with Crippen molar-refractivity contribution in [1.29, 1.82) is 0 Å². The maximum absolute atomic E-state index is 5.89. The van der Waals surface area contributed by atoms with Gasteiger partial charge in [0.2, 0.25) is 0 Å². The predicted octanol–water partition coefficient (Wildman–Crippen LogP) is 2.15. The van der Waals surface area contributed by atoms with Crippen molar-refractivity contribution in [3.63, 3.8) is 0 Å². The van der Waals surface area contributed by atoms with Crippen LogP contribution in [0.1, 0.15) is 39.5 Å². The summed E-state index contributed by atoms with van der Waals surface area (Å²) in [6, 6.07) is 1.22. The van der Waals surface area contributed by atoms with Gasteiger partial charge in [0.15, 0.2) is 0 Å². The van der Waals surface area contributed by atoms with Gasteiger partial charge in [-0.25, -0.2) is 0 Å². The molecule has 0 aromatic rings. The third-order valence-electron chi connectivity index (χ3n) is 3.15. The summed E-state index contributed by atoms with van der Waals surface area (Å²) in [5.41, 5.74) is 7.30. The van der Waals surface area contributed by atoms with Crippen molar-refractivity contribution in [2.75, 3.05) is 13.6 Å². The van der Waals surface area contributed by atoms with E-state index in [1.807, 2.05) is 0 Å². The molecule has 0 bridgehead atoms. The van der Waals surface area contributed by atoms with E-state index in [9.17, 15) is 0 Å². The van der Waals surface area contributed by atoms with Gasteiger partial charge in [-0.1, -0.05) is 11.6 Å². The Balaban J connectivity index is 2.30. The fraction of sp³-hybridized carbons (Fsp3) is 0.833. The molecule has 1 fully saturated rings.